The van der Waals surface area contributed by atoms with Gasteiger partial charge in [0.2, 0.25) is 0 Å². The van der Waals surface area contributed by atoms with Crippen LogP contribution in [0.2, 0.25) is 0 Å². The molecule has 6 aromatic rings. The molecular formula is C62H68N2. The van der Waals surface area contributed by atoms with Crippen LogP contribution >= 0.6 is 0 Å². The average molecular weight is 841 g/mol. The van der Waals surface area contributed by atoms with Crippen molar-refractivity contribution >= 4 is 38.6 Å². The molecule has 0 saturated heterocycles. The van der Waals surface area contributed by atoms with E-state index in [0.717, 1.165) is 38.6 Å². The fourth-order valence-corrected chi connectivity index (χ4v) is 9.68. The molecule has 2 heterocycles. The predicted molar refractivity (Wildman–Crippen MR) is 282 cm³/mol. The van der Waals surface area contributed by atoms with Gasteiger partial charge in [-0.15, -0.1) is 0 Å². The molecule has 326 valence electrons. The van der Waals surface area contributed by atoms with Crippen molar-refractivity contribution in [2.24, 2.45) is 0 Å². The molecule has 2 nitrogen and oxygen atoms in total. The highest BCUT2D eigenvalue weighted by Gasteiger charge is 2.25. The van der Waals surface area contributed by atoms with Crippen LogP contribution in [0.4, 0.5) is 5.69 Å². The summed E-state index contributed by atoms with van der Waals surface area (Å²) in [4.78, 5) is 2.52. The van der Waals surface area contributed by atoms with Crippen LogP contribution in [0.25, 0.3) is 44.1 Å². The Morgan fingerprint density at radius 2 is 1.52 bits per heavy atom. The van der Waals surface area contributed by atoms with Crippen molar-refractivity contribution in [3.05, 3.63) is 221 Å². The lowest BCUT2D eigenvalue weighted by Crippen LogP contribution is -2.25. The molecule has 0 aliphatic carbocycles. The fraction of sp³-hybridized carbons (Fsp3) is 0.258. The first-order valence-electron chi connectivity index (χ1n) is 23.8. The van der Waals surface area contributed by atoms with Crippen LogP contribution in [0, 0.1) is 0 Å². The third-order valence-corrected chi connectivity index (χ3v) is 12.9. The Morgan fingerprint density at radius 1 is 0.797 bits per heavy atom. The largest absolute Gasteiger partial charge is 0.337 e. The van der Waals surface area contributed by atoms with E-state index in [2.05, 4.69) is 247 Å². The third-order valence-electron chi connectivity index (χ3n) is 12.9. The summed E-state index contributed by atoms with van der Waals surface area (Å²) < 4.78 is 2.65. The molecule has 0 spiro atoms. The number of allylic oxidation sites excluding steroid dienone is 14. The topological polar surface area (TPSA) is 8.17 Å². The smallest absolute Gasteiger partial charge is 0.0541 e. The number of rotatable bonds is 14. The molecule has 2 atom stereocenters. The van der Waals surface area contributed by atoms with Gasteiger partial charge in [0.1, 0.15) is 0 Å². The molecule has 0 N–H and O–H groups in total. The molecule has 2 unspecified atom stereocenters. The standard InChI is InChI=1S/C62H68N2/c1-9-15-28-49(26-10-2)57-40-39-56(51-31-21-17-22-32-51)60-58-44-53(38-41-59(58)64(62(57)60)46(8)43-52(27-11-3)45(7)12-4)48-33-25-42-63(54-34-23-18-24-35-54)61(47(13-5)36-37-48)55(14-6)50-29-19-16-20-30-50/h11-13,15-25,27-35,37-41,43-44,46,49H,9-10,14,26,36,42H2,1-8H3/b27-11-,28-15-,33-25-,45-12+,47-13-,48-37+,52-43+,61-55-. The molecule has 0 fully saturated rings. The molecule has 0 saturated carbocycles. The van der Waals surface area contributed by atoms with E-state index >= 15 is 0 Å². The predicted octanol–water partition coefficient (Wildman–Crippen LogP) is 18.0. The van der Waals surface area contributed by atoms with E-state index in [-0.39, 0.29) is 6.04 Å². The van der Waals surface area contributed by atoms with Crippen molar-refractivity contribution in [1.82, 2.24) is 4.57 Å². The average Bonchev–Trinajstić information content (AvgIpc) is 3.72. The Kier molecular flexibility index (Phi) is 15.6. The zero-order valence-electron chi connectivity index (χ0n) is 39.6. The van der Waals surface area contributed by atoms with E-state index in [1.54, 1.807) is 0 Å². The van der Waals surface area contributed by atoms with Crippen molar-refractivity contribution < 1.29 is 0 Å². The van der Waals surface area contributed by atoms with Gasteiger partial charge in [-0.05, 0) is 140 Å². The Hall–Kier alpha value is -6.38. The van der Waals surface area contributed by atoms with E-state index in [9.17, 15) is 0 Å². The van der Waals surface area contributed by atoms with Gasteiger partial charge in [0, 0.05) is 40.1 Å². The number of nitrogens with zero attached hydrogens (tertiary/aromatic N) is 2. The van der Waals surface area contributed by atoms with Crippen LogP contribution in [0.1, 0.15) is 116 Å². The summed E-state index contributed by atoms with van der Waals surface area (Å²) in [6.45, 7) is 18.7. The van der Waals surface area contributed by atoms with E-state index in [4.69, 9.17) is 0 Å². The molecule has 0 amide bonds. The minimum atomic E-state index is 0.0852. The van der Waals surface area contributed by atoms with Crippen molar-refractivity contribution in [1.29, 1.82) is 0 Å². The summed E-state index contributed by atoms with van der Waals surface area (Å²) in [6, 6.07) is 45.1. The van der Waals surface area contributed by atoms with E-state index < -0.39 is 0 Å². The lowest BCUT2D eigenvalue weighted by Gasteiger charge is -2.31. The molecule has 0 radical (unpaired) electrons. The monoisotopic (exact) mass is 841 g/mol. The summed E-state index contributed by atoms with van der Waals surface area (Å²) in [7, 11) is 0. The third kappa shape index (κ3) is 9.73. The van der Waals surface area contributed by atoms with E-state index in [1.165, 1.54) is 88.9 Å². The van der Waals surface area contributed by atoms with E-state index in [1.807, 2.05) is 0 Å². The Labute approximate surface area is 384 Å². The van der Waals surface area contributed by atoms with Crippen molar-refractivity contribution in [2.75, 3.05) is 11.4 Å². The van der Waals surface area contributed by atoms with Gasteiger partial charge in [0.15, 0.2) is 0 Å². The Balaban J connectivity index is 1.51. The second kappa shape index (κ2) is 21.8. The highest BCUT2D eigenvalue weighted by molar-refractivity contribution is 6.17. The molecule has 64 heavy (non-hydrogen) atoms. The molecule has 1 aliphatic heterocycles. The maximum absolute atomic E-state index is 2.65. The van der Waals surface area contributed by atoms with Gasteiger partial charge in [-0.2, -0.15) is 0 Å². The molecule has 1 aliphatic rings. The van der Waals surface area contributed by atoms with Gasteiger partial charge in [0.25, 0.3) is 0 Å². The number of aromatic nitrogens is 1. The minimum absolute atomic E-state index is 0.0852. The normalized spacial score (nSPS) is 18.0. The highest BCUT2D eigenvalue weighted by Crippen LogP contribution is 2.45. The van der Waals surface area contributed by atoms with Crippen LogP contribution in [-0.4, -0.2) is 11.1 Å². The van der Waals surface area contributed by atoms with Crippen LogP contribution in [0.15, 0.2) is 205 Å². The molecule has 0 bridgehead atoms. The zero-order chi connectivity index (χ0) is 45.0. The van der Waals surface area contributed by atoms with Gasteiger partial charge < -0.3 is 9.47 Å². The number of anilines is 1. The van der Waals surface area contributed by atoms with Gasteiger partial charge in [0.05, 0.1) is 11.6 Å². The lowest BCUT2D eigenvalue weighted by atomic mass is 9.88. The Morgan fingerprint density at radius 3 is 2.17 bits per heavy atom. The second-order valence-electron chi connectivity index (χ2n) is 17.0. The van der Waals surface area contributed by atoms with Gasteiger partial charge in [-0.1, -0.05) is 185 Å². The SMILES string of the molecule is C\C=C/C(=C\C(C)n1c2ccc(C3=C/CC(=C/C)/C(=C(\CC)c4ccccc4)N(c4ccccc4)C/C=C\3)cc2c2c(-c3ccccc3)ccc(C(/C=C\CC)CCC)c21)C(/C)=C/C. The summed E-state index contributed by atoms with van der Waals surface area (Å²) in [6.07, 6.45) is 28.5. The first-order chi connectivity index (χ1) is 31.4. The summed E-state index contributed by atoms with van der Waals surface area (Å²) in [5.74, 6) is 0.307. The Bertz CT molecular complexity index is 2780. The number of para-hydroxylation sites is 1. The van der Waals surface area contributed by atoms with Gasteiger partial charge >= 0.3 is 0 Å². The van der Waals surface area contributed by atoms with E-state index in [0.29, 0.717) is 5.92 Å². The fourth-order valence-electron chi connectivity index (χ4n) is 9.68. The minimum Gasteiger partial charge on any atom is -0.337 e. The first kappa shape index (κ1) is 45.6. The maximum atomic E-state index is 2.65. The van der Waals surface area contributed by atoms with Crippen LogP contribution in [0.5, 0.6) is 0 Å². The van der Waals surface area contributed by atoms with Crippen LogP contribution in [0.3, 0.4) is 0 Å². The second-order valence-corrected chi connectivity index (χ2v) is 17.0. The van der Waals surface area contributed by atoms with Gasteiger partial charge in [-0.25, -0.2) is 0 Å². The number of benzene rings is 5. The summed E-state index contributed by atoms with van der Waals surface area (Å²) in [5, 5.41) is 2.63. The first-order valence-corrected chi connectivity index (χ1v) is 23.8. The van der Waals surface area contributed by atoms with Crippen LogP contribution < -0.4 is 4.90 Å². The number of hydrogen-bond donors (Lipinski definition) is 0. The van der Waals surface area contributed by atoms with Gasteiger partial charge in [-0.3, -0.25) is 0 Å². The highest BCUT2D eigenvalue weighted by atomic mass is 15.1. The summed E-state index contributed by atoms with van der Waals surface area (Å²) in [5.41, 5.74) is 18.0. The molecule has 5 aromatic carbocycles. The molecule has 7 rings (SSSR count). The number of hydrogen-bond acceptors (Lipinski definition) is 1. The quantitative estimate of drug-likeness (QED) is 0.0783. The maximum Gasteiger partial charge on any atom is 0.0541 e. The van der Waals surface area contributed by atoms with Crippen molar-refractivity contribution in [3.63, 3.8) is 0 Å². The molecule has 2 heteroatoms. The zero-order valence-corrected chi connectivity index (χ0v) is 39.6. The van der Waals surface area contributed by atoms with Crippen molar-refractivity contribution in [3.8, 4) is 11.1 Å². The molecule has 1 aromatic heterocycles. The van der Waals surface area contributed by atoms with Crippen molar-refractivity contribution in [2.45, 2.75) is 99.5 Å². The summed E-state index contributed by atoms with van der Waals surface area (Å²) >= 11 is 0. The number of fused-ring (bicyclic) bond motifs is 3. The van der Waals surface area contributed by atoms with Crippen LogP contribution in [-0.2, 0) is 0 Å². The lowest BCUT2D eigenvalue weighted by molar-refractivity contribution is 0.686. The molecular weight excluding hydrogens is 773 g/mol.